The van der Waals surface area contributed by atoms with E-state index >= 15 is 0 Å². The topological polar surface area (TPSA) is 26.3 Å². The van der Waals surface area contributed by atoms with Gasteiger partial charge in [-0.2, -0.15) is 0 Å². The smallest absolute Gasteiger partial charge is 0.286 e. The quantitative estimate of drug-likeness (QED) is 0.670. The molecular formula is C10H13O2P. The van der Waals surface area contributed by atoms with Crippen molar-refractivity contribution < 1.29 is 9.09 Å². The molecule has 3 heteroatoms. The van der Waals surface area contributed by atoms with E-state index in [4.69, 9.17) is 4.52 Å². The standard InChI is InChI=1S/C10H13O2P/c1-2-6-10(12-13-11)9-7-4-3-5-8-9/h3-5,7-8,10H,2,6H2,1H3. The molecule has 0 aliphatic heterocycles. The summed E-state index contributed by atoms with van der Waals surface area (Å²) in [6, 6.07) is 9.87. The second-order valence-electron chi connectivity index (χ2n) is 2.87. The molecule has 1 atom stereocenters. The van der Waals surface area contributed by atoms with Crippen LogP contribution in [0, 0.1) is 0 Å². The van der Waals surface area contributed by atoms with Crippen LogP contribution < -0.4 is 0 Å². The summed E-state index contributed by atoms with van der Waals surface area (Å²) < 4.78 is 15.4. The van der Waals surface area contributed by atoms with Crippen LogP contribution in [0.5, 0.6) is 0 Å². The summed E-state index contributed by atoms with van der Waals surface area (Å²) in [7, 11) is -0.241. The second-order valence-corrected chi connectivity index (χ2v) is 3.23. The fraction of sp³-hybridized carbons (Fsp3) is 0.400. The molecule has 0 radical (unpaired) electrons. The van der Waals surface area contributed by atoms with E-state index in [0.717, 1.165) is 18.4 Å². The largest absolute Gasteiger partial charge is 0.327 e. The fourth-order valence-corrected chi connectivity index (χ4v) is 1.59. The lowest BCUT2D eigenvalue weighted by Crippen LogP contribution is -1.97. The normalized spacial score (nSPS) is 13.0. The lowest BCUT2D eigenvalue weighted by Gasteiger charge is -2.11. The zero-order valence-electron chi connectivity index (χ0n) is 7.64. The van der Waals surface area contributed by atoms with Gasteiger partial charge in [0.2, 0.25) is 0 Å². The van der Waals surface area contributed by atoms with Crippen LogP contribution in [0.4, 0.5) is 0 Å². The summed E-state index contributed by atoms with van der Waals surface area (Å²) in [5.41, 5.74) is 1.09. The summed E-state index contributed by atoms with van der Waals surface area (Å²) in [6.07, 6.45) is 1.89. The molecule has 70 valence electrons. The van der Waals surface area contributed by atoms with E-state index in [2.05, 4.69) is 6.92 Å². The Balaban J connectivity index is 2.69. The van der Waals surface area contributed by atoms with Crippen LogP contribution in [0.25, 0.3) is 0 Å². The first-order valence-corrected chi connectivity index (χ1v) is 5.15. The van der Waals surface area contributed by atoms with Crippen molar-refractivity contribution in [2.75, 3.05) is 0 Å². The average Bonchev–Trinajstić information content (AvgIpc) is 2.19. The maximum Gasteiger partial charge on any atom is 0.327 e. The third-order valence-corrected chi connectivity index (χ3v) is 2.23. The van der Waals surface area contributed by atoms with Crippen molar-refractivity contribution >= 4 is 8.69 Å². The first-order valence-electron chi connectivity index (χ1n) is 4.42. The Morgan fingerprint density at radius 2 is 2.08 bits per heavy atom. The van der Waals surface area contributed by atoms with Gasteiger partial charge in [0.1, 0.15) is 0 Å². The molecular weight excluding hydrogens is 183 g/mol. The molecule has 2 nitrogen and oxygen atoms in total. The van der Waals surface area contributed by atoms with Gasteiger partial charge in [0.05, 0.1) is 6.10 Å². The molecule has 0 spiro atoms. The van der Waals surface area contributed by atoms with Gasteiger partial charge in [-0.3, -0.25) is 4.52 Å². The highest BCUT2D eigenvalue weighted by atomic mass is 31.1. The van der Waals surface area contributed by atoms with Crippen LogP contribution in [0.1, 0.15) is 31.4 Å². The molecule has 0 amide bonds. The van der Waals surface area contributed by atoms with Gasteiger partial charge in [0.15, 0.2) is 0 Å². The number of benzene rings is 1. The third kappa shape index (κ3) is 3.25. The van der Waals surface area contributed by atoms with Crippen molar-refractivity contribution in [1.29, 1.82) is 0 Å². The van der Waals surface area contributed by atoms with Gasteiger partial charge < -0.3 is 0 Å². The molecule has 1 aromatic rings. The van der Waals surface area contributed by atoms with Crippen molar-refractivity contribution in [2.24, 2.45) is 0 Å². The zero-order chi connectivity index (χ0) is 9.52. The van der Waals surface area contributed by atoms with Crippen LogP contribution in [0.2, 0.25) is 0 Å². The van der Waals surface area contributed by atoms with Crippen molar-refractivity contribution in [3.05, 3.63) is 35.9 Å². The Kier molecular flexibility index (Phi) is 4.66. The van der Waals surface area contributed by atoms with Gasteiger partial charge in [-0.05, 0) is 12.0 Å². The number of rotatable bonds is 5. The molecule has 0 N–H and O–H groups in total. The molecule has 1 unspecified atom stereocenters. The summed E-state index contributed by atoms with van der Waals surface area (Å²) in [5.74, 6) is 0. The lowest BCUT2D eigenvalue weighted by atomic mass is 10.1. The molecule has 0 aromatic heterocycles. The van der Waals surface area contributed by atoms with Gasteiger partial charge in [-0.25, -0.2) is 4.57 Å². The van der Waals surface area contributed by atoms with Gasteiger partial charge in [-0.1, -0.05) is 43.7 Å². The number of hydrogen-bond donors (Lipinski definition) is 0. The Morgan fingerprint density at radius 3 is 2.62 bits per heavy atom. The monoisotopic (exact) mass is 196 g/mol. The lowest BCUT2D eigenvalue weighted by molar-refractivity contribution is 0.216. The third-order valence-electron chi connectivity index (χ3n) is 1.89. The molecule has 0 aliphatic carbocycles. The summed E-state index contributed by atoms with van der Waals surface area (Å²) >= 11 is 0. The van der Waals surface area contributed by atoms with E-state index in [1.807, 2.05) is 30.3 Å². The molecule has 0 bridgehead atoms. The van der Waals surface area contributed by atoms with Crippen LogP contribution in [0.15, 0.2) is 30.3 Å². The molecule has 0 aliphatic rings. The minimum absolute atomic E-state index is 0.0367. The average molecular weight is 196 g/mol. The van der Waals surface area contributed by atoms with Crippen molar-refractivity contribution in [3.8, 4) is 0 Å². The van der Waals surface area contributed by atoms with Gasteiger partial charge >= 0.3 is 8.69 Å². The molecule has 0 saturated heterocycles. The van der Waals surface area contributed by atoms with E-state index in [-0.39, 0.29) is 14.8 Å². The van der Waals surface area contributed by atoms with Crippen LogP contribution in [0.3, 0.4) is 0 Å². The van der Waals surface area contributed by atoms with Gasteiger partial charge in [-0.15, -0.1) is 0 Å². The maximum atomic E-state index is 10.3. The minimum Gasteiger partial charge on any atom is -0.286 e. The zero-order valence-corrected chi connectivity index (χ0v) is 8.54. The maximum absolute atomic E-state index is 10.3. The molecule has 1 rings (SSSR count). The Labute approximate surface area is 80.2 Å². The number of hydrogen-bond acceptors (Lipinski definition) is 2. The van der Waals surface area contributed by atoms with E-state index in [1.54, 1.807) is 0 Å². The SMILES string of the molecule is CCCC(OP=O)c1ccccc1. The van der Waals surface area contributed by atoms with Crippen LogP contribution >= 0.6 is 8.69 Å². The Morgan fingerprint density at radius 1 is 1.38 bits per heavy atom. The fourth-order valence-electron chi connectivity index (χ4n) is 1.26. The summed E-state index contributed by atoms with van der Waals surface area (Å²) in [4.78, 5) is 0. The molecule has 13 heavy (non-hydrogen) atoms. The highest BCUT2D eigenvalue weighted by Gasteiger charge is 2.09. The van der Waals surface area contributed by atoms with Gasteiger partial charge in [0, 0.05) is 0 Å². The van der Waals surface area contributed by atoms with Crippen molar-refractivity contribution in [2.45, 2.75) is 25.9 Å². The highest BCUT2D eigenvalue weighted by Crippen LogP contribution is 2.25. The first kappa shape index (κ1) is 10.4. The Hall–Kier alpha value is -0.720. The van der Waals surface area contributed by atoms with Crippen molar-refractivity contribution in [1.82, 2.24) is 0 Å². The van der Waals surface area contributed by atoms with Crippen LogP contribution in [-0.4, -0.2) is 0 Å². The van der Waals surface area contributed by atoms with E-state index in [0.29, 0.717) is 0 Å². The van der Waals surface area contributed by atoms with E-state index in [1.165, 1.54) is 0 Å². The van der Waals surface area contributed by atoms with E-state index < -0.39 is 0 Å². The molecule has 0 saturated carbocycles. The van der Waals surface area contributed by atoms with Crippen molar-refractivity contribution in [3.63, 3.8) is 0 Å². The Bertz CT molecular complexity index is 248. The summed E-state index contributed by atoms with van der Waals surface area (Å²) in [6.45, 7) is 2.08. The first-order chi connectivity index (χ1) is 6.38. The molecule has 0 heterocycles. The minimum atomic E-state index is -0.241. The van der Waals surface area contributed by atoms with Gasteiger partial charge in [0.25, 0.3) is 0 Å². The highest BCUT2D eigenvalue weighted by molar-refractivity contribution is 7.17. The predicted octanol–water partition coefficient (Wildman–Crippen LogP) is 3.75. The summed E-state index contributed by atoms with van der Waals surface area (Å²) in [5, 5.41) is 0. The molecule has 1 aromatic carbocycles. The second kappa shape index (κ2) is 5.85. The predicted molar refractivity (Wildman–Crippen MR) is 52.8 cm³/mol. The van der Waals surface area contributed by atoms with E-state index in [9.17, 15) is 4.57 Å². The van der Waals surface area contributed by atoms with Crippen LogP contribution in [-0.2, 0) is 9.09 Å². The molecule has 0 fully saturated rings.